The Bertz CT molecular complexity index is 792. The van der Waals surface area contributed by atoms with Gasteiger partial charge in [0.1, 0.15) is 17.2 Å². The molecule has 1 aliphatic rings. The molecule has 3 unspecified atom stereocenters. The van der Waals surface area contributed by atoms with Crippen LogP contribution in [0.4, 0.5) is 13.2 Å². The fourth-order valence-electron chi connectivity index (χ4n) is 3.06. The first-order valence-corrected chi connectivity index (χ1v) is 12.1. The van der Waals surface area contributed by atoms with Crippen molar-refractivity contribution in [2.45, 2.75) is 58.4 Å². The molecule has 33 heavy (non-hydrogen) atoms. The largest absolute Gasteiger partial charge is 0.573 e. The van der Waals surface area contributed by atoms with Crippen LogP contribution >= 0.6 is 11.8 Å². The molecule has 0 bridgehead atoms. The van der Waals surface area contributed by atoms with Crippen LogP contribution in [0.2, 0.25) is 0 Å². The van der Waals surface area contributed by atoms with Gasteiger partial charge in [-0.25, -0.2) is 0 Å². The van der Waals surface area contributed by atoms with Gasteiger partial charge >= 0.3 is 6.36 Å². The van der Waals surface area contributed by atoms with Gasteiger partial charge in [0.25, 0.3) is 0 Å². The Hall–Kier alpha value is -2.12. The minimum absolute atomic E-state index is 0.275. The van der Waals surface area contributed by atoms with E-state index in [0.29, 0.717) is 29.4 Å². The molecule has 0 N–H and O–H groups in total. The van der Waals surface area contributed by atoms with E-state index >= 15 is 0 Å². The second kappa shape index (κ2) is 14.9. The molecule has 184 valence electrons. The summed E-state index contributed by atoms with van der Waals surface area (Å²) in [5.41, 5.74) is 0. The van der Waals surface area contributed by atoms with E-state index in [2.05, 4.69) is 25.2 Å². The van der Waals surface area contributed by atoms with Crippen LogP contribution in [0.25, 0.3) is 0 Å². The van der Waals surface area contributed by atoms with Gasteiger partial charge in [0.05, 0.1) is 12.7 Å². The molecule has 0 saturated carbocycles. The zero-order valence-corrected chi connectivity index (χ0v) is 20.8. The molecule has 0 spiro atoms. The molecule has 0 aliphatic carbocycles. The Balaban J connectivity index is 0.00000101. The predicted molar refractivity (Wildman–Crippen MR) is 130 cm³/mol. The molecule has 0 aromatic heterocycles. The first-order chi connectivity index (χ1) is 15.7. The molecule has 3 nitrogen and oxygen atoms in total. The Morgan fingerprint density at radius 3 is 2.00 bits per heavy atom. The van der Waals surface area contributed by atoms with E-state index in [1.54, 1.807) is 17.8 Å². The molecule has 0 radical (unpaired) electrons. The third-order valence-corrected chi connectivity index (χ3v) is 5.96. The Morgan fingerprint density at radius 1 is 1.06 bits per heavy atom. The van der Waals surface area contributed by atoms with E-state index in [0.717, 1.165) is 23.7 Å². The van der Waals surface area contributed by atoms with Gasteiger partial charge in [-0.15, -0.1) is 31.5 Å². The minimum atomic E-state index is -4.70. The third-order valence-electron chi connectivity index (χ3n) is 4.66. The van der Waals surface area contributed by atoms with Crippen LogP contribution < -0.4 is 9.47 Å². The molecule has 1 fully saturated rings. The summed E-state index contributed by atoms with van der Waals surface area (Å²) in [7, 11) is 0. The zero-order chi connectivity index (χ0) is 24.9. The molecular weight excluding hydrogens is 449 g/mol. The molecule has 3 rings (SSSR count). The first-order valence-electron chi connectivity index (χ1n) is 11.1. The highest BCUT2D eigenvalue weighted by molar-refractivity contribution is 7.99. The summed E-state index contributed by atoms with van der Waals surface area (Å²) in [6.07, 6.45) is -1.46. The molecule has 7 heteroatoms. The lowest BCUT2D eigenvalue weighted by Gasteiger charge is -2.17. The van der Waals surface area contributed by atoms with Crippen LogP contribution in [-0.4, -0.2) is 24.8 Å². The fourth-order valence-corrected chi connectivity index (χ4v) is 4.12. The monoisotopic (exact) mass is 484 g/mol. The molecule has 0 amide bonds. The number of halogens is 3. The summed E-state index contributed by atoms with van der Waals surface area (Å²) >= 11 is 1.80. The maximum atomic E-state index is 12.2. The molecule has 3 atom stereocenters. The highest BCUT2D eigenvalue weighted by Crippen LogP contribution is 2.32. The van der Waals surface area contributed by atoms with E-state index in [1.807, 2.05) is 45.0 Å². The van der Waals surface area contributed by atoms with Crippen LogP contribution in [0.15, 0.2) is 66.1 Å². The number of allylic oxidation sites excluding steroid dienone is 1. The quantitative estimate of drug-likeness (QED) is 0.290. The smallest absolute Gasteiger partial charge is 0.457 e. The van der Waals surface area contributed by atoms with Gasteiger partial charge in [0.15, 0.2) is 0 Å². The standard InChI is InChI=1S/C21H23F3O3S.C3H6.C2H6/c1-14(16-11-15(2)25-12-16)13-28-20-9-7-18(8-10-20)26-17-3-5-19(6-4-17)27-21(22,23)24;1-3-2;1-2/h3-10,14-16H,11-13H2,1-2H3;3H,1H2,2H3;1-2H3. The van der Waals surface area contributed by atoms with Gasteiger partial charge in [-0.05, 0) is 80.6 Å². The van der Waals surface area contributed by atoms with Crippen molar-refractivity contribution in [3.05, 3.63) is 61.2 Å². The number of benzene rings is 2. The minimum Gasteiger partial charge on any atom is -0.457 e. The van der Waals surface area contributed by atoms with Crippen LogP contribution in [0.1, 0.15) is 41.0 Å². The molecular formula is C26H35F3O3S. The number of rotatable bonds is 7. The highest BCUT2D eigenvalue weighted by Gasteiger charge is 2.31. The van der Waals surface area contributed by atoms with Gasteiger partial charge in [-0.1, -0.05) is 26.8 Å². The normalized spacial score (nSPS) is 18.2. The van der Waals surface area contributed by atoms with Gasteiger partial charge in [-0.2, -0.15) is 0 Å². The maximum absolute atomic E-state index is 12.2. The number of hydrogen-bond donors (Lipinski definition) is 0. The van der Waals surface area contributed by atoms with Crippen molar-refractivity contribution in [2.75, 3.05) is 12.4 Å². The van der Waals surface area contributed by atoms with E-state index in [9.17, 15) is 13.2 Å². The topological polar surface area (TPSA) is 27.7 Å². The summed E-state index contributed by atoms with van der Waals surface area (Å²) in [5.74, 6) is 3.03. The summed E-state index contributed by atoms with van der Waals surface area (Å²) in [6.45, 7) is 14.5. The molecule has 2 aromatic carbocycles. The van der Waals surface area contributed by atoms with Crippen molar-refractivity contribution < 1.29 is 27.4 Å². The van der Waals surface area contributed by atoms with Gasteiger partial charge < -0.3 is 14.2 Å². The summed E-state index contributed by atoms with van der Waals surface area (Å²) in [5, 5.41) is 0. The van der Waals surface area contributed by atoms with Crippen molar-refractivity contribution >= 4 is 11.8 Å². The Kier molecular flexibility index (Phi) is 13.1. The lowest BCUT2D eigenvalue weighted by Crippen LogP contribution is -2.16. The molecule has 1 heterocycles. The second-order valence-corrected chi connectivity index (χ2v) is 8.52. The summed E-state index contributed by atoms with van der Waals surface area (Å²) < 4.78 is 51.7. The predicted octanol–water partition coefficient (Wildman–Crippen LogP) is 8.75. The fraction of sp³-hybridized carbons (Fsp3) is 0.462. The number of ether oxygens (including phenoxy) is 3. The van der Waals surface area contributed by atoms with Crippen LogP contribution in [0.3, 0.4) is 0 Å². The third kappa shape index (κ3) is 11.5. The van der Waals surface area contributed by atoms with E-state index in [-0.39, 0.29) is 5.75 Å². The van der Waals surface area contributed by atoms with Gasteiger partial charge in [-0.3, -0.25) is 0 Å². The lowest BCUT2D eigenvalue weighted by molar-refractivity contribution is -0.274. The summed E-state index contributed by atoms with van der Waals surface area (Å²) in [4.78, 5) is 1.15. The molecule has 1 aliphatic heterocycles. The van der Waals surface area contributed by atoms with Crippen LogP contribution in [0.5, 0.6) is 17.2 Å². The SMILES string of the molecule is C=CC.CC.CC1CC(C(C)CSc2ccc(Oc3ccc(OC(F)(F)F)cc3)cc2)CO1. The van der Waals surface area contributed by atoms with Gasteiger partial charge in [0, 0.05) is 10.6 Å². The van der Waals surface area contributed by atoms with Crippen molar-refractivity contribution in [1.82, 2.24) is 0 Å². The van der Waals surface area contributed by atoms with Crippen molar-refractivity contribution in [2.24, 2.45) is 11.8 Å². The van der Waals surface area contributed by atoms with Crippen molar-refractivity contribution in [3.63, 3.8) is 0 Å². The Labute approximate surface area is 200 Å². The second-order valence-electron chi connectivity index (χ2n) is 7.43. The average molecular weight is 485 g/mol. The summed E-state index contributed by atoms with van der Waals surface area (Å²) in [6, 6.07) is 13.0. The Morgan fingerprint density at radius 2 is 1.55 bits per heavy atom. The van der Waals surface area contributed by atoms with Gasteiger partial charge in [0.2, 0.25) is 0 Å². The van der Waals surface area contributed by atoms with Crippen molar-refractivity contribution in [1.29, 1.82) is 0 Å². The maximum Gasteiger partial charge on any atom is 0.573 e. The number of alkyl halides is 3. The zero-order valence-electron chi connectivity index (χ0n) is 20.0. The molecule has 2 aromatic rings. The van der Waals surface area contributed by atoms with Crippen LogP contribution in [0, 0.1) is 11.8 Å². The van der Waals surface area contributed by atoms with E-state index in [1.165, 1.54) is 24.3 Å². The molecule has 1 saturated heterocycles. The van der Waals surface area contributed by atoms with E-state index < -0.39 is 6.36 Å². The highest BCUT2D eigenvalue weighted by atomic mass is 32.2. The van der Waals surface area contributed by atoms with E-state index in [4.69, 9.17) is 9.47 Å². The first kappa shape index (κ1) is 28.9. The average Bonchev–Trinajstić information content (AvgIpc) is 3.22. The number of thioether (sulfide) groups is 1. The number of hydrogen-bond acceptors (Lipinski definition) is 4. The lowest BCUT2D eigenvalue weighted by atomic mass is 9.93. The van der Waals surface area contributed by atoms with Crippen LogP contribution in [-0.2, 0) is 4.74 Å². The van der Waals surface area contributed by atoms with Crippen molar-refractivity contribution in [3.8, 4) is 17.2 Å².